The molecule has 0 fully saturated rings. The maximum Gasteiger partial charge on any atom is 0.189 e. The average molecular weight is 830 g/mol. The summed E-state index contributed by atoms with van der Waals surface area (Å²) in [5.41, 5.74) is 14.2. The Hall–Kier alpha value is -9.30. The van der Waals surface area contributed by atoms with Crippen LogP contribution in [-0.4, -0.2) is 24.5 Å². The zero-order valence-corrected chi connectivity index (χ0v) is 34.8. The SMILES string of the molecule is [C-]#[N+]c1cc(C#N)cc(-c2ccc3c(c2)c2ccccc2n3-c2ccc(-c3nc(-c4ccccc4)cc(-c4ccccc4)n3)cc2-c2nc(-c3ccccc3)cc(-c3ccccc3)n2)c1. The third-order valence-corrected chi connectivity index (χ3v) is 11.6. The second-order valence-corrected chi connectivity index (χ2v) is 15.7. The Bertz CT molecular complexity index is 3520. The average Bonchev–Trinajstić information content (AvgIpc) is 3.72. The van der Waals surface area contributed by atoms with Crippen molar-refractivity contribution in [3.63, 3.8) is 0 Å². The van der Waals surface area contributed by atoms with E-state index in [0.29, 0.717) is 22.9 Å². The van der Waals surface area contributed by atoms with Gasteiger partial charge >= 0.3 is 0 Å². The quantitative estimate of drug-likeness (QED) is 0.142. The smallest absolute Gasteiger partial charge is 0.189 e. The largest absolute Gasteiger partial charge is 0.309 e. The van der Waals surface area contributed by atoms with Gasteiger partial charge in [0.05, 0.1) is 52.1 Å². The van der Waals surface area contributed by atoms with Gasteiger partial charge in [-0.3, -0.25) is 0 Å². The van der Waals surface area contributed by atoms with Crippen LogP contribution < -0.4 is 0 Å². The van der Waals surface area contributed by atoms with Gasteiger partial charge in [0, 0.05) is 49.7 Å². The second-order valence-electron chi connectivity index (χ2n) is 15.7. The molecule has 0 saturated heterocycles. The molecule has 0 N–H and O–H groups in total. The van der Waals surface area contributed by atoms with E-state index in [2.05, 4.69) is 131 Å². The Morgan fingerprint density at radius 1 is 0.400 bits per heavy atom. The van der Waals surface area contributed by atoms with Crippen molar-refractivity contribution < 1.29 is 0 Å². The molecule has 7 nitrogen and oxygen atoms in total. The molecule has 0 aliphatic heterocycles. The predicted octanol–water partition coefficient (Wildman–Crippen LogP) is 14.5. The fraction of sp³-hybridized carbons (Fsp3) is 0. The van der Waals surface area contributed by atoms with Crippen molar-refractivity contribution >= 4 is 27.5 Å². The van der Waals surface area contributed by atoms with E-state index >= 15 is 0 Å². The summed E-state index contributed by atoms with van der Waals surface area (Å²) < 4.78 is 2.28. The molecular formula is C58H35N7. The Morgan fingerprint density at radius 2 is 0.892 bits per heavy atom. The molecule has 0 atom stereocenters. The zero-order valence-electron chi connectivity index (χ0n) is 34.8. The van der Waals surface area contributed by atoms with E-state index in [1.807, 2.05) is 91.0 Å². The van der Waals surface area contributed by atoms with Crippen molar-refractivity contribution in [3.8, 4) is 90.7 Å². The first-order valence-electron chi connectivity index (χ1n) is 21.2. The summed E-state index contributed by atoms with van der Waals surface area (Å²) >= 11 is 0. The highest BCUT2D eigenvalue weighted by Crippen LogP contribution is 2.40. The van der Waals surface area contributed by atoms with Crippen LogP contribution in [0.5, 0.6) is 0 Å². The topological polar surface area (TPSA) is 84.6 Å². The van der Waals surface area contributed by atoms with Crippen LogP contribution in [0.3, 0.4) is 0 Å². The summed E-state index contributed by atoms with van der Waals surface area (Å²) in [4.78, 5) is 24.8. The molecular weight excluding hydrogens is 795 g/mol. The van der Waals surface area contributed by atoms with Crippen molar-refractivity contribution in [1.82, 2.24) is 24.5 Å². The Labute approximate surface area is 375 Å². The molecule has 0 saturated carbocycles. The number of fused-ring (bicyclic) bond motifs is 3. The van der Waals surface area contributed by atoms with Crippen LogP contribution in [0.2, 0.25) is 0 Å². The Balaban J connectivity index is 1.19. The molecule has 0 unspecified atom stereocenters. The van der Waals surface area contributed by atoms with Gasteiger partial charge in [-0.25, -0.2) is 24.8 Å². The molecule has 0 aliphatic carbocycles. The lowest BCUT2D eigenvalue weighted by Crippen LogP contribution is -2.03. The molecule has 0 bridgehead atoms. The molecule has 11 aromatic rings. The fourth-order valence-corrected chi connectivity index (χ4v) is 8.54. The summed E-state index contributed by atoms with van der Waals surface area (Å²) in [6, 6.07) is 73.5. The van der Waals surface area contributed by atoms with E-state index in [9.17, 15) is 5.26 Å². The molecule has 0 amide bonds. The van der Waals surface area contributed by atoms with Crippen molar-refractivity contribution in [2.24, 2.45) is 0 Å². The fourth-order valence-electron chi connectivity index (χ4n) is 8.54. The summed E-state index contributed by atoms with van der Waals surface area (Å²) in [5.74, 6) is 1.12. The summed E-state index contributed by atoms with van der Waals surface area (Å²) in [5, 5.41) is 11.9. The van der Waals surface area contributed by atoms with Crippen molar-refractivity contribution in [1.29, 1.82) is 5.26 Å². The summed E-state index contributed by atoms with van der Waals surface area (Å²) in [6.45, 7) is 7.69. The third kappa shape index (κ3) is 7.36. The van der Waals surface area contributed by atoms with Crippen LogP contribution in [0.1, 0.15) is 5.56 Å². The minimum absolute atomic E-state index is 0.424. The predicted molar refractivity (Wildman–Crippen MR) is 261 cm³/mol. The number of benzene rings is 8. The number of nitrogens with zero attached hydrogens (tertiary/aromatic N) is 7. The van der Waals surface area contributed by atoms with E-state index in [-0.39, 0.29) is 0 Å². The Morgan fingerprint density at radius 3 is 1.43 bits per heavy atom. The van der Waals surface area contributed by atoms with E-state index in [0.717, 1.165) is 94.8 Å². The molecule has 0 aliphatic rings. The van der Waals surface area contributed by atoms with E-state index in [4.69, 9.17) is 26.5 Å². The number of aromatic nitrogens is 5. The van der Waals surface area contributed by atoms with Crippen LogP contribution in [0.4, 0.5) is 5.69 Å². The number of hydrogen-bond donors (Lipinski definition) is 0. The normalized spacial score (nSPS) is 11.0. The molecule has 11 rings (SSSR count). The van der Waals surface area contributed by atoms with Crippen molar-refractivity contribution in [2.75, 3.05) is 0 Å². The number of nitriles is 1. The molecule has 3 heterocycles. The van der Waals surface area contributed by atoms with E-state index in [1.165, 1.54) is 0 Å². The maximum absolute atomic E-state index is 9.80. The molecule has 7 heteroatoms. The highest BCUT2D eigenvalue weighted by molar-refractivity contribution is 6.11. The zero-order chi connectivity index (χ0) is 43.7. The van der Waals surface area contributed by atoms with Crippen LogP contribution in [0.25, 0.3) is 111 Å². The third-order valence-electron chi connectivity index (χ3n) is 11.6. The van der Waals surface area contributed by atoms with Crippen LogP contribution in [0.15, 0.2) is 212 Å². The monoisotopic (exact) mass is 829 g/mol. The van der Waals surface area contributed by atoms with E-state index < -0.39 is 0 Å². The highest BCUT2D eigenvalue weighted by atomic mass is 15.0. The molecule has 0 spiro atoms. The van der Waals surface area contributed by atoms with Crippen LogP contribution in [0, 0.1) is 17.9 Å². The van der Waals surface area contributed by atoms with Gasteiger partial charge in [0.2, 0.25) is 0 Å². The first-order valence-corrected chi connectivity index (χ1v) is 21.2. The number of para-hydroxylation sites is 1. The van der Waals surface area contributed by atoms with Gasteiger partial charge in [-0.15, -0.1) is 0 Å². The molecule has 65 heavy (non-hydrogen) atoms. The maximum atomic E-state index is 9.80. The molecule has 8 aromatic carbocycles. The van der Waals surface area contributed by atoms with Crippen LogP contribution >= 0.6 is 0 Å². The van der Waals surface area contributed by atoms with Gasteiger partial charge in [0.1, 0.15) is 0 Å². The lowest BCUT2D eigenvalue weighted by atomic mass is 10.00. The minimum atomic E-state index is 0.424. The molecule has 3 aromatic heterocycles. The minimum Gasteiger partial charge on any atom is -0.309 e. The number of hydrogen-bond acceptors (Lipinski definition) is 5. The van der Waals surface area contributed by atoms with Gasteiger partial charge in [0.25, 0.3) is 0 Å². The first kappa shape index (κ1) is 38.6. The van der Waals surface area contributed by atoms with Gasteiger partial charge in [-0.2, -0.15) is 5.26 Å². The number of rotatable bonds is 8. The lowest BCUT2D eigenvalue weighted by Gasteiger charge is -2.17. The van der Waals surface area contributed by atoms with Gasteiger partial charge < -0.3 is 4.57 Å². The Kier molecular flexibility index (Phi) is 9.82. The lowest BCUT2D eigenvalue weighted by molar-refractivity contribution is 1.13. The highest BCUT2D eigenvalue weighted by Gasteiger charge is 2.22. The summed E-state index contributed by atoms with van der Waals surface area (Å²) in [7, 11) is 0. The first-order chi connectivity index (χ1) is 32.1. The molecule has 0 radical (unpaired) electrons. The van der Waals surface area contributed by atoms with Gasteiger partial charge in [-0.05, 0) is 77.9 Å². The van der Waals surface area contributed by atoms with Gasteiger partial charge in [0.15, 0.2) is 17.3 Å². The van der Waals surface area contributed by atoms with E-state index in [1.54, 1.807) is 6.07 Å². The standard InChI is InChI=1S/C58H35N7/c1-60-46-31-38(37-59)30-45(32-46)43-26-28-55-48(33-43)47-24-14-15-25-54(47)65(55)56-29-27-44(57-61-50(39-16-6-2-7-17-39)35-51(62-57)40-18-8-3-9-19-40)34-49(56)58-63-52(41-20-10-4-11-21-41)36-53(64-58)42-22-12-5-13-23-42/h2-36H. The van der Waals surface area contributed by atoms with Gasteiger partial charge in [-0.1, -0.05) is 146 Å². The van der Waals surface area contributed by atoms with Crippen molar-refractivity contribution in [3.05, 3.63) is 229 Å². The summed E-state index contributed by atoms with van der Waals surface area (Å²) in [6.07, 6.45) is 0. The molecule has 302 valence electrons. The second kappa shape index (κ2) is 16.5. The van der Waals surface area contributed by atoms with Crippen molar-refractivity contribution in [2.45, 2.75) is 0 Å². The van der Waals surface area contributed by atoms with Crippen LogP contribution in [-0.2, 0) is 0 Å².